The quantitative estimate of drug-likeness (QED) is 0.867. The zero-order valence-electron chi connectivity index (χ0n) is 11.3. The Balaban J connectivity index is 2.22. The van der Waals surface area contributed by atoms with Crippen molar-refractivity contribution in [3.63, 3.8) is 0 Å². The van der Waals surface area contributed by atoms with Gasteiger partial charge in [0.25, 0.3) is 0 Å². The number of ether oxygens (including phenoxy) is 1. The highest BCUT2D eigenvalue weighted by molar-refractivity contribution is 5.83. The topological polar surface area (TPSA) is 21.3 Å². The highest BCUT2D eigenvalue weighted by Crippen LogP contribution is 2.20. The maximum absolute atomic E-state index is 5.70. The second-order valence-corrected chi connectivity index (χ2v) is 4.83. The predicted octanol–water partition coefficient (Wildman–Crippen LogP) is 3.53. The molecule has 0 bridgehead atoms. The summed E-state index contributed by atoms with van der Waals surface area (Å²) in [5.74, 6) is 0. The van der Waals surface area contributed by atoms with E-state index in [0.717, 1.165) is 0 Å². The fourth-order valence-electron chi connectivity index (χ4n) is 2.06. The second-order valence-electron chi connectivity index (χ2n) is 4.83. The molecule has 18 heavy (non-hydrogen) atoms. The number of benzene rings is 2. The molecule has 2 rings (SSSR count). The van der Waals surface area contributed by atoms with E-state index in [-0.39, 0.29) is 12.1 Å². The van der Waals surface area contributed by atoms with E-state index in [1.807, 2.05) is 7.05 Å². The smallest absolute Gasteiger partial charge is 0.0664 e. The molecular weight excluding hydrogens is 222 g/mol. The molecule has 0 saturated carbocycles. The van der Waals surface area contributed by atoms with Crippen LogP contribution in [0.4, 0.5) is 0 Å². The van der Waals surface area contributed by atoms with Crippen molar-refractivity contribution in [1.82, 2.24) is 5.32 Å². The van der Waals surface area contributed by atoms with Crippen LogP contribution in [-0.2, 0) is 4.74 Å². The fourth-order valence-corrected chi connectivity index (χ4v) is 2.06. The first-order valence-corrected chi connectivity index (χ1v) is 6.48. The van der Waals surface area contributed by atoms with Gasteiger partial charge in [0.05, 0.1) is 18.8 Å². The Bertz CT molecular complexity index is 507. The Kier molecular flexibility index (Phi) is 4.34. The summed E-state index contributed by atoms with van der Waals surface area (Å²) >= 11 is 0. The molecule has 0 fully saturated rings. The monoisotopic (exact) mass is 243 g/mol. The molecule has 0 aromatic heterocycles. The van der Waals surface area contributed by atoms with Crippen LogP contribution in [0.2, 0.25) is 0 Å². The molecule has 0 saturated heterocycles. The van der Waals surface area contributed by atoms with Gasteiger partial charge < -0.3 is 10.1 Å². The van der Waals surface area contributed by atoms with Gasteiger partial charge in [0, 0.05) is 0 Å². The summed E-state index contributed by atoms with van der Waals surface area (Å²) in [5, 5.41) is 5.87. The molecule has 0 aliphatic carbocycles. The van der Waals surface area contributed by atoms with Crippen LogP contribution in [0.1, 0.15) is 25.5 Å². The van der Waals surface area contributed by atoms with Gasteiger partial charge in [0.2, 0.25) is 0 Å². The molecule has 2 aromatic rings. The average molecular weight is 243 g/mol. The van der Waals surface area contributed by atoms with Gasteiger partial charge in [-0.2, -0.15) is 0 Å². The Hall–Kier alpha value is -1.38. The molecule has 96 valence electrons. The molecule has 0 aliphatic heterocycles. The summed E-state index contributed by atoms with van der Waals surface area (Å²) in [6.07, 6.45) is 0.265. The van der Waals surface area contributed by atoms with Gasteiger partial charge in [-0.3, -0.25) is 0 Å². The minimum Gasteiger partial charge on any atom is -0.377 e. The standard InChI is InChI=1S/C16H21NO/c1-12(2)18-11-16(17-3)15-9-8-13-6-4-5-7-14(13)10-15/h4-10,12,16-17H,11H2,1-3H3. The van der Waals surface area contributed by atoms with Crippen LogP contribution in [0, 0.1) is 0 Å². The Morgan fingerprint density at radius 1 is 1.06 bits per heavy atom. The molecule has 0 heterocycles. The summed E-state index contributed by atoms with van der Waals surface area (Å²) in [5.41, 5.74) is 1.27. The molecular formula is C16H21NO. The van der Waals surface area contributed by atoms with E-state index in [1.165, 1.54) is 16.3 Å². The van der Waals surface area contributed by atoms with Crippen molar-refractivity contribution in [3.05, 3.63) is 48.0 Å². The van der Waals surface area contributed by atoms with Gasteiger partial charge in [-0.05, 0) is 43.3 Å². The van der Waals surface area contributed by atoms with Crippen LogP contribution >= 0.6 is 0 Å². The van der Waals surface area contributed by atoms with Gasteiger partial charge in [-0.1, -0.05) is 36.4 Å². The van der Waals surface area contributed by atoms with Crippen LogP contribution in [0.25, 0.3) is 10.8 Å². The van der Waals surface area contributed by atoms with Crippen molar-refractivity contribution in [3.8, 4) is 0 Å². The molecule has 0 amide bonds. The summed E-state index contributed by atoms with van der Waals surface area (Å²) in [6, 6.07) is 15.3. The Morgan fingerprint density at radius 3 is 2.44 bits per heavy atom. The van der Waals surface area contributed by atoms with Crippen molar-refractivity contribution >= 4 is 10.8 Å². The zero-order chi connectivity index (χ0) is 13.0. The van der Waals surface area contributed by atoms with Gasteiger partial charge in [0.15, 0.2) is 0 Å². The Labute approximate surface area is 109 Å². The van der Waals surface area contributed by atoms with Gasteiger partial charge >= 0.3 is 0 Å². The Morgan fingerprint density at radius 2 is 1.78 bits per heavy atom. The normalized spacial score (nSPS) is 13.1. The predicted molar refractivity (Wildman–Crippen MR) is 76.8 cm³/mol. The number of rotatable bonds is 5. The number of hydrogen-bond donors (Lipinski definition) is 1. The number of nitrogens with one attached hydrogen (secondary N) is 1. The first-order valence-electron chi connectivity index (χ1n) is 6.48. The SMILES string of the molecule is CNC(COC(C)C)c1ccc2ccccc2c1. The molecule has 2 nitrogen and oxygen atoms in total. The molecule has 0 aliphatic rings. The summed E-state index contributed by atoms with van der Waals surface area (Å²) < 4.78 is 5.70. The summed E-state index contributed by atoms with van der Waals surface area (Å²) in [7, 11) is 1.98. The fraction of sp³-hybridized carbons (Fsp3) is 0.375. The van der Waals surface area contributed by atoms with Crippen molar-refractivity contribution in [2.45, 2.75) is 26.0 Å². The highest BCUT2D eigenvalue weighted by Gasteiger charge is 2.10. The van der Waals surface area contributed by atoms with Crippen LogP contribution in [-0.4, -0.2) is 19.8 Å². The molecule has 2 heteroatoms. The summed E-state index contributed by atoms with van der Waals surface area (Å²) in [6.45, 7) is 4.83. The third kappa shape index (κ3) is 3.09. The maximum atomic E-state index is 5.70. The van der Waals surface area contributed by atoms with E-state index >= 15 is 0 Å². The van der Waals surface area contributed by atoms with E-state index in [9.17, 15) is 0 Å². The van der Waals surface area contributed by atoms with Crippen molar-refractivity contribution in [2.75, 3.05) is 13.7 Å². The molecule has 0 spiro atoms. The van der Waals surface area contributed by atoms with E-state index in [2.05, 4.69) is 61.6 Å². The second kappa shape index (κ2) is 5.98. The largest absolute Gasteiger partial charge is 0.377 e. The average Bonchev–Trinajstić information content (AvgIpc) is 2.39. The van der Waals surface area contributed by atoms with Gasteiger partial charge in [-0.25, -0.2) is 0 Å². The number of likely N-dealkylation sites (N-methyl/N-ethyl adjacent to an activating group) is 1. The van der Waals surface area contributed by atoms with Crippen molar-refractivity contribution in [1.29, 1.82) is 0 Å². The minimum atomic E-state index is 0.247. The summed E-state index contributed by atoms with van der Waals surface area (Å²) in [4.78, 5) is 0. The van der Waals surface area contributed by atoms with Crippen LogP contribution in [0.3, 0.4) is 0 Å². The van der Waals surface area contributed by atoms with E-state index < -0.39 is 0 Å². The maximum Gasteiger partial charge on any atom is 0.0664 e. The lowest BCUT2D eigenvalue weighted by Crippen LogP contribution is -2.23. The van der Waals surface area contributed by atoms with Crippen LogP contribution in [0.15, 0.2) is 42.5 Å². The third-order valence-electron chi connectivity index (χ3n) is 3.12. The number of fused-ring (bicyclic) bond motifs is 1. The van der Waals surface area contributed by atoms with Crippen LogP contribution < -0.4 is 5.32 Å². The van der Waals surface area contributed by atoms with E-state index in [1.54, 1.807) is 0 Å². The number of hydrogen-bond acceptors (Lipinski definition) is 2. The molecule has 1 N–H and O–H groups in total. The van der Waals surface area contributed by atoms with Crippen LogP contribution in [0.5, 0.6) is 0 Å². The third-order valence-corrected chi connectivity index (χ3v) is 3.12. The molecule has 1 unspecified atom stereocenters. The van der Waals surface area contributed by atoms with Crippen molar-refractivity contribution in [2.24, 2.45) is 0 Å². The molecule has 1 atom stereocenters. The van der Waals surface area contributed by atoms with Gasteiger partial charge in [-0.15, -0.1) is 0 Å². The van der Waals surface area contributed by atoms with E-state index in [4.69, 9.17) is 4.74 Å². The lowest BCUT2D eigenvalue weighted by atomic mass is 10.0. The lowest BCUT2D eigenvalue weighted by molar-refractivity contribution is 0.0626. The van der Waals surface area contributed by atoms with Crippen molar-refractivity contribution < 1.29 is 4.74 Å². The minimum absolute atomic E-state index is 0.247. The first kappa shape index (κ1) is 13.1. The van der Waals surface area contributed by atoms with Gasteiger partial charge in [0.1, 0.15) is 0 Å². The van der Waals surface area contributed by atoms with E-state index in [0.29, 0.717) is 6.61 Å². The first-order chi connectivity index (χ1) is 8.70. The molecule has 2 aromatic carbocycles. The highest BCUT2D eigenvalue weighted by atomic mass is 16.5. The molecule has 0 radical (unpaired) electrons. The lowest BCUT2D eigenvalue weighted by Gasteiger charge is -2.19. The zero-order valence-corrected chi connectivity index (χ0v) is 11.3.